The highest BCUT2D eigenvalue weighted by molar-refractivity contribution is 5.77. The Labute approximate surface area is 100 Å². The van der Waals surface area contributed by atoms with Crippen molar-refractivity contribution in [3.05, 3.63) is 65.2 Å². The Morgan fingerprint density at radius 1 is 0.941 bits per heavy atom. The molecule has 0 bridgehead atoms. The Hall–Kier alpha value is -2.53. The molecule has 2 aromatic rings. The maximum absolute atomic E-state index is 9.29. The van der Waals surface area contributed by atoms with Gasteiger partial charge < -0.3 is 10.5 Å². The summed E-state index contributed by atoms with van der Waals surface area (Å²) in [6.45, 7) is 0. The molecule has 0 spiro atoms. The second-order valence-corrected chi connectivity index (χ2v) is 3.57. The normalized spacial score (nSPS) is 9.18. The van der Waals surface area contributed by atoms with Gasteiger partial charge in [0.05, 0.1) is 0 Å². The second-order valence-electron chi connectivity index (χ2n) is 3.57. The fraction of sp³-hybridized carbons (Fsp3) is 0. The first-order valence-corrected chi connectivity index (χ1v) is 5.19. The molecule has 2 heteroatoms. The van der Waals surface area contributed by atoms with E-state index in [9.17, 15) is 5.11 Å². The van der Waals surface area contributed by atoms with Crippen molar-refractivity contribution in [2.45, 2.75) is 0 Å². The van der Waals surface area contributed by atoms with E-state index in [1.807, 2.05) is 30.3 Å². The Balaban J connectivity index is 2.23. The third-order valence-electron chi connectivity index (χ3n) is 2.27. The van der Waals surface area contributed by atoms with Crippen LogP contribution in [0.3, 0.4) is 0 Å². The predicted molar refractivity (Wildman–Crippen MR) is 68.4 cm³/mol. The Kier molecular flexibility index (Phi) is 3.23. The first-order chi connectivity index (χ1) is 8.28. The molecule has 0 unspecified atom stereocenters. The van der Waals surface area contributed by atoms with E-state index in [0.717, 1.165) is 16.7 Å². The third-order valence-corrected chi connectivity index (χ3v) is 2.27. The van der Waals surface area contributed by atoms with Gasteiger partial charge in [-0.05, 0) is 35.9 Å². The van der Waals surface area contributed by atoms with Gasteiger partial charge in [0.2, 0.25) is 0 Å². The molecule has 17 heavy (non-hydrogen) atoms. The molecular weight excluding hydrogens is 210 g/mol. The van der Waals surface area contributed by atoms with Crippen molar-refractivity contribution in [3.63, 3.8) is 0 Å². The first-order valence-electron chi connectivity index (χ1n) is 5.19. The largest absolute Gasteiger partial charge is 0.508 e. The van der Waals surface area contributed by atoms with Crippen LogP contribution in [0.5, 0.6) is 5.75 Å². The minimum atomic E-state index is 0.218. The maximum atomic E-state index is 9.29. The van der Waals surface area contributed by atoms with Crippen molar-refractivity contribution >= 4 is 6.21 Å². The van der Waals surface area contributed by atoms with Crippen LogP contribution in [0.25, 0.3) is 0 Å². The molecular formula is C15H11NO. The van der Waals surface area contributed by atoms with Gasteiger partial charge in [0.25, 0.3) is 0 Å². The van der Waals surface area contributed by atoms with Gasteiger partial charge in [-0.15, -0.1) is 0 Å². The SMILES string of the molecule is N=Cc1ccc(C#Cc2cccc(O)c2)cc1. The standard InChI is InChI=1S/C15H11NO/c16-11-14-8-5-12(6-9-14)4-7-13-2-1-3-15(17)10-13/h1-3,5-6,8-11,16-17H. The molecule has 0 amide bonds. The summed E-state index contributed by atoms with van der Waals surface area (Å²) in [7, 11) is 0. The Bertz CT molecular complexity index is 588. The molecule has 0 fully saturated rings. The average molecular weight is 221 g/mol. The number of hydrogen-bond donors (Lipinski definition) is 2. The molecule has 0 aliphatic carbocycles. The van der Waals surface area contributed by atoms with Crippen LogP contribution in [0.1, 0.15) is 16.7 Å². The van der Waals surface area contributed by atoms with E-state index in [1.54, 1.807) is 18.2 Å². The van der Waals surface area contributed by atoms with Gasteiger partial charge in [-0.2, -0.15) is 0 Å². The summed E-state index contributed by atoms with van der Waals surface area (Å²) in [6.07, 6.45) is 1.30. The molecule has 0 heterocycles. The zero-order chi connectivity index (χ0) is 12.1. The lowest BCUT2D eigenvalue weighted by Crippen LogP contribution is -1.80. The predicted octanol–water partition coefficient (Wildman–Crippen LogP) is 2.79. The van der Waals surface area contributed by atoms with E-state index < -0.39 is 0 Å². The summed E-state index contributed by atoms with van der Waals surface area (Å²) in [5.41, 5.74) is 2.52. The molecule has 2 N–H and O–H groups in total. The summed E-state index contributed by atoms with van der Waals surface area (Å²) < 4.78 is 0. The molecule has 0 aromatic heterocycles. The minimum absolute atomic E-state index is 0.218. The smallest absolute Gasteiger partial charge is 0.116 e. The molecule has 2 rings (SSSR count). The van der Waals surface area contributed by atoms with E-state index in [-0.39, 0.29) is 5.75 Å². The number of phenolic OH excluding ortho intramolecular Hbond substituents is 1. The topological polar surface area (TPSA) is 44.1 Å². The zero-order valence-corrected chi connectivity index (χ0v) is 9.14. The van der Waals surface area contributed by atoms with Gasteiger partial charge >= 0.3 is 0 Å². The van der Waals surface area contributed by atoms with Crippen LogP contribution in [-0.2, 0) is 0 Å². The third kappa shape index (κ3) is 2.96. The number of rotatable bonds is 1. The van der Waals surface area contributed by atoms with Crippen molar-refractivity contribution in [3.8, 4) is 17.6 Å². The van der Waals surface area contributed by atoms with Gasteiger partial charge in [0, 0.05) is 17.3 Å². The second kappa shape index (κ2) is 5.00. The number of hydrogen-bond acceptors (Lipinski definition) is 2. The molecule has 0 saturated heterocycles. The summed E-state index contributed by atoms with van der Waals surface area (Å²) >= 11 is 0. The van der Waals surface area contributed by atoms with Crippen LogP contribution >= 0.6 is 0 Å². The maximum Gasteiger partial charge on any atom is 0.116 e. The fourth-order valence-electron chi connectivity index (χ4n) is 1.39. The van der Waals surface area contributed by atoms with E-state index >= 15 is 0 Å². The van der Waals surface area contributed by atoms with Gasteiger partial charge in [0.15, 0.2) is 0 Å². The number of benzene rings is 2. The molecule has 0 aliphatic heterocycles. The van der Waals surface area contributed by atoms with Gasteiger partial charge in [-0.3, -0.25) is 0 Å². The van der Waals surface area contributed by atoms with Crippen LogP contribution < -0.4 is 0 Å². The van der Waals surface area contributed by atoms with Crippen molar-refractivity contribution < 1.29 is 5.11 Å². The van der Waals surface area contributed by atoms with Crippen molar-refractivity contribution in [1.29, 1.82) is 5.41 Å². The molecule has 0 atom stereocenters. The summed E-state index contributed by atoms with van der Waals surface area (Å²) in [5.74, 6) is 6.19. The Morgan fingerprint density at radius 3 is 2.29 bits per heavy atom. The van der Waals surface area contributed by atoms with E-state index in [4.69, 9.17) is 5.41 Å². The number of aromatic hydroxyl groups is 1. The first kappa shape index (κ1) is 11.0. The lowest BCUT2D eigenvalue weighted by Gasteiger charge is -1.93. The average Bonchev–Trinajstić information content (AvgIpc) is 2.37. The highest BCUT2D eigenvalue weighted by atomic mass is 16.3. The van der Waals surface area contributed by atoms with E-state index in [1.165, 1.54) is 6.21 Å². The van der Waals surface area contributed by atoms with Crippen LogP contribution in [0.2, 0.25) is 0 Å². The summed E-state index contributed by atoms with van der Waals surface area (Å²) in [5, 5.41) is 16.4. The quantitative estimate of drug-likeness (QED) is 0.564. The molecule has 2 aromatic carbocycles. The minimum Gasteiger partial charge on any atom is -0.508 e. The van der Waals surface area contributed by atoms with Crippen LogP contribution in [0.4, 0.5) is 0 Å². The van der Waals surface area contributed by atoms with Crippen molar-refractivity contribution in [1.82, 2.24) is 0 Å². The Morgan fingerprint density at radius 2 is 1.65 bits per heavy atom. The molecule has 0 aliphatic rings. The van der Waals surface area contributed by atoms with Gasteiger partial charge in [-0.1, -0.05) is 30.0 Å². The van der Waals surface area contributed by atoms with Gasteiger partial charge in [-0.25, -0.2) is 0 Å². The monoisotopic (exact) mass is 221 g/mol. The lowest BCUT2D eigenvalue weighted by molar-refractivity contribution is 0.475. The fourth-order valence-corrected chi connectivity index (χ4v) is 1.39. The zero-order valence-electron chi connectivity index (χ0n) is 9.14. The van der Waals surface area contributed by atoms with Crippen LogP contribution in [0.15, 0.2) is 48.5 Å². The molecule has 82 valence electrons. The van der Waals surface area contributed by atoms with Gasteiger partial charge in [0.1, 0.15) is 5.75 Å². The molecule has 0 saturated carbocycles. The lowest BCUT2D eigenvalue weighted by atomic mass is 10.1. The van der Waals surface area contributed by atoms with Crippen LogP contribution in [0, 0.1) is 17.3 Å². The number of phenols is 1. The van der Waals surface area contributed by atoms with E-state index in [2.05, 4.69) is 11.8 Å². The van der Waals surface area contributed by atoms with Crippen LogP contribution in [-0.4, -0.2) is 11.3 Å². The highest BCUT2D eigenvalue weighted by Gasteiger charge is 1.90. The number of nitrogens with one attached hydrogen (secondary N) is 1. The van der Waals surface area contributed by atoms with E-state index in [0.29, 0.717) is 0 Å². The molecule has 2 nitrogen and oxygen atoms in total. The highest BCUT2D eigenvalue weighted by Crippen LogP contribution is 2.09. The summed E-state index contributed by atoms with van der Waals surface area (Å²) in [6, 6.07) is 14.3. The molecule has 0 radical (unpaired) electrons. The van der Waals surface area contributed by atoms with Crippen molar-refractivity contribution in [2.75, 3.05) is 0 Å². The van der Waals surface area contributed by atoms with Crippen molar-refractivity contribution in [2.24, 2.45) is 0 Å². The summed E-state index contributed by atoms with van der Waals surface area (Å²) in [4.78, 5) is 0.